The van der Waals surface area contributed by atoms with Crippen LogP contribution in [0.2, 0.25) is 0 Å². The van der Waals surface area contributed by atoms with Crippen LogP contribution in [0.25, 0.3) is 0 Å². The van der Waals surface area contributed by atoms with Crippen molar-refractivity contribution in [2.75, 3.05) is 33.2 Å². The minimum atomic E-state index is 0.262. The molecule has 1 fully saturated rings. The van der Waals surface area contributed by atoms with Gasteiger partial charge in [-0.1, -0.05) is 26.7 Å². The van der Waals surface area contributed by atoms with Crippen LogP contribution in [0.1, 0.15) is 46.0 Å². The highest BCUT2D eigenvalue weighted by molar-refractivity contribution is 5.78. The van der Waals surface area contributed by atoms with Crippen LogP contribution in [-0.2, 0) is 4.79 Å². The van der Waals surface area contributed by atoms with Crippen LogP contribution in [0.5, 0.6) is 0 Å². The summed E-state index contributed by atoms with van der Waals surface area (Å²) >= 11 is 0. The first kappa shape index (κ1) is 14.5. The Kier molecular flexibility index (Phi) is 6.56. The van der Waals surface area contributed by atoms with E-state index in [1.165, 1.54) is 12.8 Å². The summed E-state index contributed by atoms with van der Waals surface area (Å²) in [6.45, 7) is 8.34. The molecule has 1 heterocycles. The van der Waals surface area contributed by atoms with Crippen molar-refractivity contribution in [2.24, 2.45) is 5.92 Å². The fourth-order valence-electron chi connectivity index (χ4n) is 2.48. The minimum Gasteiger partial charge on any atom is -0.341 e. The zero-order chi connectivity index (χ0) is 12.7. The third-order valence-corrected chi connectivity index (χ3v) is 3.78. The largest absolute Gasteiger partial charge is 0.341 e. The smallest absolute Gasteiger partial charge is 0.225 e. The molecule has 0 bridgehead atoms. The summed E-state index contributed by atoms with van der Waals surface area (Å²) in [6.07, 6.45) is 5.54. The van der Waals surface area contributed by atoms with Gasteiger partial charge in [0.25, 0.3) is 0 Å². The molecule has 1 atom stereocenters. The Labute approximate surface area is 106 Å². The molecule has 0 spiro atoms. The standard InChI is InChI=1S/C14H28N2O/c1-4-6-8-13(5-2)14(17)16-10-7-9-15(3)11-12-16/h13H,4-12H2,1-3H3. The highest BCUT2D eigenvalue weighted by atomic mass is 16.2. The maximum atomic E-state index is 12.4. The van der Waals surface area contributed by atoms with E-state index in [0.29, 0.717) is 5.91 Å². The lowest BCUT2D eigenvalue weighted by atomic mass is 9.97. The highest BCUT2D eigenvalue weighted by Crippen LogP contribution is 2.17. The molecular formula is C14H28N2O. The molecule has 17 heavy (non-hydrogen) atoms. The molecule has 0 aromatic rings. The summed E-state index contributed by atoms with van der Waals surface area (Å²) in [4.78, 5) is 16.8. The van der Waals surface area contributed by atoms with E-state index in [-0.39, 0.29) is 5.92 Å². The SMILES string of the molecule is CCCCC(CC)C(=O)N1CCCN(C)CC1. The Morgan fingerprint density at radius 1 is 1.18 bits per heavy atom. The Morgan fingerprint density at radius 2 is 1.94 bits per heavy atom. The van der Waals surface area contributed by atoms with Gasteiger partial charge in [-0.15, -0.1) is 0 Å². The Hall–Kier alpha value is -0.570. The van der Waals surface area contributed by atoms with Gasteiger partial charge in [-0.05, 0) is 32.9 Å². The van der Waals surface area contributed by atoms with E-state index >= 15 is 0 Å². The van der Waals surface area contributed by atoms with Gasteiger partial charge in [-0.3, -0.25) is 4.79 Å². The zero-order valence-electron chi connectivity index (χ0n) is 11.7. The summed E-state index contributed by atoms with van der Waals surface area (Å²) < 4.78 is 0. The van der Waals surface area contributed by atoms with Gasteiger partial charge < -0.3 is 9.80 Å². The van der Waals surface area contributed by atoms with Gasteiger partial charge in [0.1, 0.15) is 0 Å². The summed E-state index contributed by atoms with van der Waals surface area (Å²) in [7, 11) is 2.14. The molecule has 3 heteroatoms. The number of unbranched alkanes of at least 4 members (excludes halogenated alkanes) is 1. The quantitative estimate of drug-likeness (QED) is 0.736. The number of hydrogen-bond donors (Lipinski definition) is 0. The van der Waals surface area contributed by atoms with Gasteiger partial charge in [0.2, 0.25) is 5.91 Å². The van der Waals surface area contributed by atoms with Crippen molar-refractivity contribution in [2.45, 2.75) is 46.0 Å². The molecule has 0 radical (unpaired) electrons. The van der Waals surface area contributed by atoms with Crippen molar-refractivity contribution < 1.29 is 4.79 Å². The van der Waals surface area contributed by atoms with Crippen LogP contribution in [0.15, 0.2) is 0 Å². The summed E-state index contributed by atoms with van der Waals surface area (Å²) in [5.74, 6) is 0.662. The molecule has 0 aliphatic carbocycles. The van der Waals surface area contributed by atoms with Crippen LogP contribution in [0.4, 0.5) is 0 Å². The van der Waals surface area contributed by atoms with Gasteiger partial charge in [-0.25, -0.2) is 0 Å². The first-order valence-electron chi connectivity index (χ1n) is 7.16. The van der Waals surface area contributed by atoms with E-state index < -0.39 is 0 Å². The Morgan fingerprint density at radius 3 is 2.59 bits per heavy atom. The number of carbonyl (C=O) groups excluding carboxylic acids is 1. The average Bonchev–Trinajstić information content (AvgIpc) is 2.55. The second kappa shape index (κ2) is 7.70. The van der Waals surface area contributed by atoms with Crippen LogP contribution in [0, 0.1) is 5.92 Å². The minimum absolute atomic E-state index is 0.262. The van der Waals surface area contributed by atoms with Gasteiger partial charge in [0.05, 0.1) is 0 Å². The third kappa shape index (κ3) is 4.66. The number of likely N-dealkylation sites (N-methyl/N-ethyl adjacent to an activating group) is 1. The lowest BCUT2D eigenvalue weighted by Gasteiger charge is -2.25. The molecule has 3 nitrogen and oxygen atoms in total. The molecule has 0 saturated carbocycles. The second-order valence-electron chi connectivity index (χ2n) is 5.23. The van der Waals surface area contributed by atoms with Crippen molar-refractivity contribution >= 4 is 5.91 Å². The predicted octanol–water partition coefficient (Wildman–Crippen LogP) is 2.37. The number of nitrogens with zero attached hydrogens (tertiary/aromatic N) is 2. The summed E-state index contributed by atoms with van der Waals surface area (Å²) in [5, 5.41) is 0. The third-order valence-electron chi connectivity index (χ3n) is 3.78. The fourth-order valence-corrected chi connectivity index (χ4v) is 2.48. The second-order valence-corrected chi connectivity index (χ2v) is 5.23. The van der Waals surface area contributed by atoms with Crippen LogP contribution < -0.4 is 0 Å². The van der Waals surface area contributed by atoms with E-state index in [9.17, 15) is 4.79 Å². The average molecular weight is 240 g/mol. The number of hydrogen-bond acceptors (Lipinski definition) is 2. The molecule has 1 aliphatic rings. The van der Waals surface area contributed by atoms with Gasteiger partial charge in [0, 0.05) is 25.6 Å². The molecule has 0 aromatic heterocycles. The topological polar surface area (TPSA) is 23.6 Å². The molecule has 1 saturated heterocycles. The van der Waals surface area contributed by atoms with Crippen LogP contribution in [0.3, 0.4) is 0 Å². The molecule has 0 N–H and O–H groups in total. The highest BCUT2D eigenvalue weighted by Gasteiger charge is 2.23. The maximum Gasteiger partial charge on any atom is 0.225 e. The molecule has 1 unspecified atom stereocenters. The van der Waals surface area contributed by atoms with Crippen molar-refractivity contribution in [1.29, 1.82) is 0 Å². The van der Waals surface area contributed by atoms with Gasteiger partial charge >= 0.3 is 0 Å². The first-order chi connectivity index (χ1) is 8.19. The van der Waals surface area contributed by atoms with Crippen molar-refractivity contribution in [3.8, 4) is 0 Å². The number of rotatable bonds is 5. The zero-order valence-corrected chi connectivity index (χ0v) is 11.7. The normalized spacial score (nSPS) is 20.1. The number of amides is 1. The Bertz CT molecular complexity index is 230. The van der Waals surface area contributed by atoms with Gasteiger partial charge in [-0.2, -0.15) is 0 Å². The molecule has 1 aliphatic heterocycles. The molecule has 0 aromatic carbocycles. The molecule has 1 rings (SSSR count). The van der Waals surface area contributed by atoms with E-state index in [1.807, 2.05) is 0 Å². The van der Waals surface area contributed by atoms with Gasteiger partial charge in [0.15, 0.2) is 0 Å². The maximum absolute atomic E-state index is 12.4. The summed E-state index contributed by atoms with van der Waals surface area (Å²) in [5.41, 5.74) is 0. The summed E-state index contributed by atoms with van der Waals surface area (Å²) in [6, 6.07) is 0. The molecular weight excluding hydrogens is 212 g/mol. The van der Waals surface area contributed by atoms with E-state index in [4.69, 9.17) is 0 Å². The van der Waals surface area contributed by atoms with Crippen molar-refractivity contribution in [3.05, 3.63) is 0 Å². The predicted molar refractivity (Wildman–Crippen MR) is 72.0 cm³/mol. The van der Waals surface area contributed by atoms with Crippen LogP contribution >= 0.6 is 0 Å². The van der Waals surface area contributed by atoms with Crippen LogP contribution in [-0.4, -0.2) is 48.9 Å². The number of carbonyl (C=O) groups is 1. The van der Waals surface area contributed by atoms with E-state index in [2.05, 4.69) is 30.7 Å². The molecule has 100 valence electrons. The van der Waals surface area contributed by atoms with Crippen molar-refractivity contribution in [1.82, 2.24) is 9.80 Å². The molecule has 1 amide bonds. The Balaban J connectivity index is 2.48. The fraction of sp³-hybridized carbons (Fsp3) is 0.929. The van der Waals surface area contributed by atoms with Crippen molar-refractivity contribution in [3.63, 3.8) is 0 Å². The monoisotopic (exact) mass is 240 g/mol. The van der Waals surface area contributed by atoms with E-state index in [1.54, 1.807) is 0 Å². The lowest BCUT2D eigenvalue weighted by Crippen LogP contribution is -2.38. The first-order valence-corrected chi connectivity index (χ1v) is 7.16. The lowest BCUT2D eigenvalue weighted by molar-refractivity contribution is -0.135. The van der Waals surface area contributed by atoms with E-state index in [0.717, 1.165) is 45.4 Å².